The van der Waals surface area contributed by atoms with Crippen LogP contribution >= 0.6 is 0 Å². The highest BCUT2D eigenvalue weighted by Crippen LogP contribution is 2.27. The van der Waals surface area contributed by atoms with Gasteiger partial charge in [0.15, 0.2) is 11.5 Å². The Bertz CT molecular complexity index is 745. The highest BCUT2D eigenvalue weighted by atomic mass is 19.1. The van der Waals surface area contributed by atoms with Crippen LogP contribution in [0.2, 0.25) is 0 Å². The maximum Gasteiger partial charge on any atom is 0.166 e. The van der Waals surface area contributed by atoms with E-state index in [1.807, 2.05) is 6.07 Å². The van der Waals surface area contributed by atoms with Gasteiger partial charge in [-0.2, -0.15) is 0 Å². The molecule has 1 aliphatic rings. The number of ether oxygens (including phenoxy) is 1. The number of halogens is 1. The summed E-state index contributed by atoms with van der Waals surface area (Å²) in [6.45, 7) is 3.21. The number of rotatable bonds is 5. The molecule has 25 heavy (non-hydrogen) atoms. The number of nitrogens with zero attached hydrogens (tertiary/aromatic N) is 2. The summed E-state index contributed by atoms with van der Waals surface area (Å²) in [5, 5.41) is 19.4. The van der Waals surface area contributed by atoms with Crippen molar-refractivity contribution in [1.29, 1.82) is 0 Å². The number of morpholine rings is 1. The first-order chi connectivity index (χ1) is 12.1. The van der Waals surface area contributed by atoms with Gasteiger partial charge < -0.3 is 14.9 Å². The second kappa shape index (κ2) is 8.09. The Morgan fingerprint density at radius 1 is 1.16 bits per heavy atom. The van der Waals surface area contributed by atoms with E-state index in [-0.39, 0.29) is 23.4 Å². The van der Waals surface area contributed by atoms with Crippen molar-refractivity contribution in [1.82, 2.24) is 4.90 Å². The minimum atomic E-state index is -0.273. The molecule has 5 nitrogen and oxygen atoms in total. The average Bonchev–Trinajstić information content (AvgIpc) is 2.63. The fourth-order valence-electron chi connectivity index (χ4n) is 2.94. The predicted molar refractivity (Wildman–Crippen MR) is 93.8 cm³/mol. The molecule has 1 atom stereocenters. The Morgan fingerprint density at radius 3 is 2.68 bits per heavy atom. The van der Waals surface area contributed by atoms with Crippen LogP contribution in [0.1, 0.15) is 17.2 Å². The molecule has 2 N–H and O–H groups in total. The van der Waals surface area contributed by atoms with Gasteiger partial charge in [-0.3, -0.25) is 9.89 Å². The molecule has 0 aromatic heterocycles. The van der Waals surface area contributed by atoms with E-state index in [9.17, 15) is 14.6 Å². The molecule has 1 heterocycles. The smallest absolute Gasteiger partial charge is 0.166 e. The van der Waals surface area contributed by atoms with Crippen LogP contribution in [0.5, 0.6) is 11.5 Å². The molecular formula is C19H21FN2O3. The predicted octanol–water partition coefficient (Wildman–Crippen LogP) is 2.73. The summed E-state index contributed by atoms with van der Waals surface area (Å²) >= 11 is 0. The topological polar surface area (TPSA) is 65.3 Å². The van der Waals surface area contributed by atoms with Gasteiger partial charge in [0.2, 0.25) is 0 Å². The molecule has 0 bridgehead atoms. The summed E-state index contributed by atoms with van der Waals surface area (Å²) in [4.78, 5) is 6.64. The molecular weight excluding hydrogens is 323 g/mol. The fourth-order valence-corrected chi connectivity index (χ4v) is 2.94. The van der Waals surface area contributed by atoms with E-state index in [1.54, 1.807) is 18.2 Å². The molecule has 0 aliphatic carbocycles. The zero-order chi connectivity index (χ0) is 17.6. The fraction of sp³-hybridized carbons (Fsp3) is 0.316. The third-order valence-corrected chi connectivity index (χ3v) is 4.27. The number of hydrogen-bond donors (Lipinski definition) is 2. The second-order valence-corrected chi connectivity index (χ2v) is 5.93. The van der Waals surface area contributed by atoms with Crippen LogP contribution in [-0.2, 0) is 4.74 Å². The Balaban J connectivity index is 1.79. The molecule has 1 fully saturated rings. The highest BCUT2D eigenvalue weighted by molar-refractivity contribution is 5.84. The quantitative estimate of drug-likeness (QED) is 0.647. The molecule has 0 saturated carbocycles. The summed E-state index contributed by atoms with van der Waals surface area (Å²) in [7, 11) is 0. The standard InChI is InChI=1S/C19H21FN2O3/c20-16-5-1-3-14(11-16)17(22-7-9-25-10-8-22)13-21-12-15-4-2-6-18(23)19(15)24/h1-6,11-12,17,23-24H,7-10,13H2. The molecule has 6 heteroatoms. The average molecular weight is 344 g/mol. The monoisotopic (exact) mass is 344 g/mol. The van der Waals surface area contributed by atoms with Crippen LogP contribution in [0.15, 0.2) is 47.5 Å². The number of aliphatic imine (C=N–C) groups is 1. The molecule has 1 aliphatic heterocycles. The van der Waals surface area contributed by atoms with Crippen LogP contribution in [0.25, 0.3) is 0 Å². The van der Waals surface area contributed by atoms with Crippen LogP contribution in [0, 0.1) is 5.82 Å². The molecule has 0 spiro atoms. The van der Waals surface area contributed by atoms with Gasteiger partial charge in [0.05, 0.1) is 25.8 Å². The minimum absolute atomic E-state index is 0.0738. The van der Waals surface area contributed by atoms with Crippen LogP contribution < -0.4 is 0 Å². The first-order valence-corrected chi connectivity index (χ1v) is 8.23. The van der Waals surface area contributed by atoms with Gasteiger partial charge in [-0.15, -0.1) is 0 Å². The number of phenols is 2. The first kappa shape index (κ1) is 17.4. The highest BCUT2D eigenvalue weighted by Gasteiger charge is 2.22. The Labute approximate surface area is 146 Å². The lowest BCUT2D eigenvalue weighted by atomic mass is 10.0. The summed E-state index contributed by atoms with van der Waals surface area (Å²) in [6.07, 6.45) is 1.53. The van der Waals surface area contributed by atoms with Gasteiger partial charge in [-0.05, 0) is 29.8 Å². The molecule has 2 aromatic rings. The molecule has 0 amide bonds. The van der Waals surface area contributed by atoms with Crippen molar-refractivity contribution in [3.8, 4) is 11.5 Å². The SMILES string of the molecule is Oc1cccc(C=NCC(c2cccc(F)c2)N2CCOCC2)c1O. The van der Waals surface area contributed by atoms with Crippen LogP contribution in [0.4, 0.5) is 4.39 Å². The van der Waals surface area contributed by atoms with E-state index in [0.29, 0.717) is 25.3 Å². The lowest BCUT2D eigenvalue weighted by molar-refractivity contribution is 0.0179. The van der Waals surface area contributed by atoms with Gasteiger partial charge in [0.25, 0.3) is 0 Å². The van der Waals surface area contributed by atoms with E-state index < -0.39 is 0 Å². The maximum absolute atomic E-state index is 13.6. The zero-order valence-electron chi connectivity index (χ0n) is 13.8. The van der Waals surface area contributed by atoms with Crippen LogP contribution in [-0.4, -0.2) is 54.2 Å². The van der Waals surface area contributed by atoms with E-state index in [1.165, 1.54) is 24.4 Å². The summed E-state index contributed by atoms with van der Waals surface area (Å²) in [5.41, 5.74) is 1.30. The van der Waals surface area contributed by atoms with Crippen molar-refractivity contribution >= 4 is 6.21 Å². The van der Waals surface area contributed by atoms with E-state index in [2.05, 4.69) is 9.89 Å². The van der Waals surface area contributed by atoms with Crippen molar-refractivity contribution in [2.24, 2.45) is 4.99 Å². The lowest BCUT2D eigenvalue weighted by Gasteiger charge is -2.34. The molecule has 1 saturated heterocycles. The summed E-state index contributed by atoms with van der Waals surface area (Å²) in [5.74, 6) is -0.649. The normalized spacial score (nSPS) is 17.0. The minimum Gasteiger partial charge on any atom is -0.504 e. The molecule has 0 radical (unpaired) electrons. The van der Waals surface area contributed by atoms with Crippen molar-refractivity contribution in [2.45, 2.75) is 6.04 Å². The van der Waals surface area contributed by atoms with E-state index >= 15 is 0 Å². The summed E-state index contributed by atoms with van der Waals surface area (Å²) < 4.78 is 19.0. The van der Waals surface area contributed by atoms with Gasteiger partial charge in [0.1, 0.15) is 5.82 Å². The second-order valence-electron chi connectivity index (χ2n) is 5.93. The van der Waals surface area contributed by atoms with E-state index in [0.717, 1.165) is 18.7 Å². The third-order valence-electron chi connectivity index (χ3n) is 4.27. The Kier molecular flexibility index (Phi) is 5.63. The maximum atomic E-state index is 13.6. The summed E-state index contributed by atoms with van der Waals surface area (Å²) in [6, 6.07) is 11.2. The molecule has 132 valence electrons. The molecule has 2 aromatic carbocycles. The number of benzene rings is 2. The Hall–Kier alpha value is -2.44. The third kappa shape index (κ3) is 4.35. The van der Waals surface area contributed by atoms with Gasteiger partial charge in [-0.25, -0.2) is 4.39 Å². The van der Waals surface area contributed by atoms with Crippen molar-refractivity contribution in [3.05, 3.63) is 59.4 Å². The van der Waals surface area contributed by atoms with Gasteiger partial charge >= 0.3 is 0 Å². The number of aromatic hydroxyl groups is 2. The number of phenolic OH excluding ortho intramolecular Hbond substituents is 2. The lowest BCUT2D eigenvalue weighted by Crippen LogP contribution is -2.40. The van der Waals surface area contributed by atoms with Crippen molar-refractivity contribution < 1.29 is 19.3 Å². The number of para-hydroxylation sites is 1. The Morgan fingerprint density at radius 2 is 1.92 bits per heavy atom. The first-order valence-electron chi connectivity index (χ1n) is 8.23. The largest absolute Gasteiger partial charge is 0.504 e. The van der Waals surface area contributed by atoms with Crippen molar-refractivity contribution in [2.75, 3.05) is 32.8 Å². The van der Waals surface area contributed by atoms with Crippen molar-refractivity contribution in [3.63, 3.8) is 0 Å². The van der Waals surface area contributed by atoms with Crippen LogP contribution in [0.3, 0.4) is 0 Å². The van der Waals surface area contributed by atoms with Gasteiger partial charge in [-0.1, -0.05) is 18.2 Å². The molecule has 1 unspecified atom stereocenters. The van der Waals surface area contributed by atoms with Gasteiger partial charge in [0, 0.05) is 24.9 Å². The molecule has 3 rings (SSSR count). The number of hydrogen-bond acceptors (Lipinski definition) is 5. The zero-order valence-corrected chi connectivity index (χ0v) is 13.8. The van der Waals surface area contributed by atoms with E-state index in [4.69, 9.17) is 4.74 Å².